The number of piperazine rings is 1. The van der Waals surface area contributed by atoms with E-state index in [-0.39, 0.29) is 30.2 Å². The summed E-state index contributed by atoms with van der Waals surface area (Å²) < 4.78 is 4.76. The monoisotopic (exact) mass is 461 g/mol. The number of benzene rings is 3. The van der Waals surface area contributed by atoms with E-state index in [2.05, 4.69) is 10.6 Å². The van der Waals surface area contributed by atoms with Crippen molar-refractivity contribution in [1.82, 2.24) is 10.2 Å². The highest BCUT2D eigenvalue weighted by atomic mass is 16.5. The van der Waals surface area contributed by atoms with Crippen LogP contribution in [0, 0.1) is 6.92 Å². The molecule has 1 saturated heterocycles. The molecule has 0 unspecified atom stereocenters. The number of amides is 2. The number of rotatable bonds is 6. The summed E-state index contributed by atoms with van der Waals surface area (Å²) in [4.78, 5) is 39.4. The molecule has 4 rings (SSSR count). The third-order valence-electron chi connectivity index (χ3n) is 6.16. The van der Waals surface area contributed by atoms with Gasteiger partial charge in [0.1, 0.15) is 11.8 Å². The van der Waals surface area contributed by atoms with Crippen molar-refractivity contribution >= 4 is 34.2 Å². The second kappa shape index (κ2) is 9.93. The number of phenols is 1. The number of anilines is 1. The van der Waals surface area contributed by atoms with Crippen molar-refractivity contribution in [2.24, 2.45) is 0 Å². The van der Waals surface area contributed by atoms with E-state index in [1.807, 2.05) is 54.3 Å². The molecule has 3 aromatic carbocycles. The van der Waals surface area contributed by atoms with Crippen LogP contribution in [0.4, 0.5) is 5.69 Å². The van der Waals surface area contributed by atoms with E-state index in [9.17, 15) is 19.5 Å². The highest BCUT2D eigenvalue weighted by molar-refractivity contribution is 6.09. The smallest absolute Gasteiger partial charge is 0.307 e. The van der Waals surface area contributed by atoms with E-state index in [0.29, 0.717) is 24.3 Å². The van der Waals surface area contributed by atoms with Gasteiger partial charge in [0.05, 0.1) is 19.1 Å². The largest absolute Gasteiger partial charge is 0.507 e. The Bertz CT molecular complexity index is 1260. The van der Waals surface area contributed by atoms with Crippen molar-refractivity contribution in [3.63, 3.8) is 0 Å². The average molecular weight is 462 g/mol. The summed E-state index contributed by atoms with van der Waals surface area (Å²) in [6.45, 7) is 2.99. The van der Waals surface area contributed by atoms with Crippen LogP contribution in [0.3, 0.4) is 0 Å². The maximum absolute atomic E-state index is 13.2. The number of esters is 1. The molecule has 0 bridgehead atoms. The predicted molar refractivity (Wildman–Crippen MR) is 129 cm³/mol. The van der Waals surface area contributed by atoms with E-state index >= 15 is 0 Å². The molecule has 0 radical (unpaired) electrons. The molecule has 8 nitrogen and oxygen atoms in total. The first-order chi connectivity index (χ1) is 16.4. The number of methoxy groups -OCH3 is 1. The summed E-state index contributed by atoms with van der Waals surface area (Å²) >= 11 is 0. The van der Waals surface area contributed by atoms with Gasteiger partial charge in [0.15, 0.2) is 0 Å². The fourth-order valence-corrected chi connectivity index (χ4v) is 4.27. The first-order valence-electron chi connectivity index (χ1n) is 11.1. The van der Waals surface area contributed by atoms with Crippen LogP contribution in [0.2, 0.25) is 0 Å². The fourth-order valence-electron chi connectivity index (χ4n) is 4.27. The molecular weight excluding hydrogens is 434 g/mol. The molecule has 1 atom stereocenters. The van der Waals surface area contributed by atoms with E-state index < -0.39 is 17.9 Å². The Labute approximate surface area is 197 Å². The quantitative estimate of drug-likeness (QED) is 0.487. The third-order valence-corrected chi connectivity index (χ3v) is 6.16. The zero-order chi connectivity index (χ0) is 24.2. The lowest BCUT2D eigenvalue weighted by Crippen LogP contribution is -2.55. The van der Waals surface area contributed by atoms with Crippen LogP contribution in [-0.4, -0.2) is 54.0 Å². The molecular formula is C26H27N3O5. The minimum absolute atomic E-state index is 0.103. The summed E-state index contributed by atoms with van der Waals surface area (Å²) in [6, 6.07) is 15.8. The summed E-state index contributed by atoms with van der Waals surface area (Å²) in [5, 5.41) is 18.4. The van der Waals surface area contributed by atoms with Crippen LogP contribution in [-0.2, 0) is 20.9 Å². The number of aryl methyl sites for hydroxylation is 1. The molecule has 0 spiro atoms. The lowest BCUT2D eigenvalue weighted by Gasteiger charge is -2.35. The number of phenolic OH excluding ortho intramolecular Hbond substituents is 1. The Morgan fingerprint density at radius 2 is 1.91 bits per heavy atom. The molecule has 3 aromatic rings. The number of para-hydroxylation sites is 1. The third kappa shape index (κ3) is 4.72. The van der Waals surface area contributed by atoms with Crippen molar-refractivity contribution < 1.29 is 24.2 Å². The zero-order valence-corrected chi connectivity index (χ0v) is 19.1. The zero-order valence-electron chi connectivity index (χ0n) is 19.1. The van der Waals surface area contributed by atoms with E-state index in [1.165, 1.54) is 7.11 Å². The van der Waals surface area contributed by atoms with Gasteiger partial charge in [-0.05, 0) is 35.4 Å². The summed E-state index contributed by atoms with van der Waals surface area (Å²) in [6.07, 6.45) is -0.103. The van der Waals surface area contributed by atoms with Crippen LogP contribution >= 0.6 is 0 Å². The average Bonchev–Trinajstić information content (AvgIpc) is 2.83. The van der Waals surface area contributed by atoms with Gasteiger partial charge in [0, 0.05) is 30.9 Å². The molecule has 0 aliphatic carbocycles. The number of fused-ring (bicyclic) bond motifs is 1. The maximum atomic E-state index is 13.2. The Balaban J connectivity index is 1.72. The summed E-state index contributed by atoms with van der Waals surface area (Å²) in [5.41, 5.74) is 2.23. The Morgan fingerprint density at radius 3 is 2.68 bits per heavy atom. The number of ether oxygens (including phenoxy) is 1. The SMILES string of the molecule is COC(=O)C[C@@H]1C(=O)NCCN1Cc1c(O)c(C(=O)Nc2ccccc2C)cc2ccccc12. The maximum Gasteiger partial charge on any atom is 0.307 e. The van der Waals surface area contributed by atoms with Gasteiger partial charge in [0.2, 0.25) is 5.91 Å². The van der Waals surface area contributed by atoms with E-state index in [1.54, 1.807) is 12.1 Å². The van der Waals surface area contributed by atoms with Crippen LogP contribution in [0.15, 0.2) is 54.6 Å². The van der Waals surface area contributed by atoms with Crippen molar-refractivity contribution in [2.45, 2.75) is 25.9 Å². The van der Waals surface area contributed by atoms with Gasteiger partial charge < -0.3 is 20.5 Å². The molecule has 176 valence electrons. The Morgan fingerprint density at radius 1 is 1.18 bits per heavy atom. The van der Waals surface area contributed by atoms with Gasteiger partial charge in [-0.1, -0.05) is 42.5 Å². The van der Waals surface area contributed by atoms with Crippen LogP contribution in [0.25, 0.3) is 10.8 Å². The molecule has 1 fully saturated rings. The number of nitrogens with one attached hydrogen (secondary N) is 2. The summed E-state index contributed by atoms with van der Waals surface area (Å²) in [7, 11) is 1.28. The van der Waals surface area contributed by atoms with Crippen LogP contribution in [0.1, 0.15) is 27.9 Å². The molecule has 34 heavy (non-hydrogen) atoms. The molecule has 0 aromatic heterocycles. The van der Waals surface area contributed by atoms with Crippen LogP contribution in [0.5, 0.6) is 5.75 Å². The first kappa shape index (κ1) is 23.3. The molecule has 1 heterocycles. The van der Waals surface area contributed by atoms with Crippen LogP contribution < -0.4 is 10.6 Å². The number of nitrogens with zero attached hydrogens (tertiary/aromatic N) is 1. The second-order valence-electron chi connectivity index (χ2n) is 8.30. The van der Waals surface area contributed by atoms with Gasteiger partial charge in [-0.25, -0.2) is 0 Å². The normalized spacial score (nSPS) is 16.2. The highest BCUT2D eigenvalue weighted by Crippen LogP contribution is 2.34. The minimum Gasteiger partial charge on any atom is -0.507 e. The Kier molecular flexibility index (Phi) is 6.79. The van der Waals surface area contributed by atoms with E-state index in [4.69, 9.17) is 4.74 Å². The van der Waals surface area contributed by atoms with Gasteiger partial charge in [0.25, 0.3) is 5.91 Å². The number of hydrogen-bond donors (Lipinski definition) is 3. The van der Waals surface area contributed by atoms with Gasteiger partial charge in [-0.2, -0.15) is 0 Å². The van der Waals surface area contributed by atoms with Crippen molar-refractivity contribution in [3.05, 3.63) is 71.3 Å². The minimum atomic E-state index is -0.733. The topological polar surface area (TPSA) is 108 Å². The number of aromatic hydroxyl groups is 1. The number of hydrogen-bond acceptors (Lipinski definition) is 6. The highest BCUT2D eigenvalue weighted by Gasteiger charge is 2.33. The molecule has 0 saturated carbocycles. The lowest BCUT2D eigenvalue weighted by atomic mass is 9.97. The van der Waals surface area contributed by atoms with Gasteiger partial charge >= 0.3 is 5.97 Å². The second-order valence-corrected chi connectivity index (χ2v) is 8.30. The predicted octanol–water partition coefficient (Wildman–Crippen LogP) is 2.97. The standard InChI is InChI=1S/C26H27N3O5/c1-16-7-3-6-10-21(16)28-25(32)19-13-17-8-4-5-9-18(17)20(24(19)31)15-29-12-11-27-26(33)22(29)14-23(30)34-2/h3-10,13,22,31H,11-12,14-15H2,1-2H3,(H,27,33)(H,28,32)/t22-/m1/s1. The van der Waals surface area contributed by atoms with E-state index in [0.717, 1.165) is 16.3 Å². The lowest BCUT2D eigenvalue weighted by molar-refractivity contribution is -0.146. The van der Waals surface area contributed by atoms with Gasteiger partial charge in [-0.15, -0.1) is 0 Å². The number of carbonyl (C=O) groups excluding carboxylic acids is 3. The summed E-state index contributed by atoms with van der Waals surface area (Å²) in [5.74, 6) is -1.34. The van der Waals surface area contributed by atoms with Crippen molar-refractivity contribution in [1.29, 1.82) is 0 Å². The first-order valence-corrected chi connectivity index (χ1v) is 11.1. The van der Waals surface area contributed by atoms with Crippen molar-refractivity contribution in [3.8, 4) is 5.75 Å². The van der Waals surface area contributed by atoms with Crippen molar-refractivity contribution in [2.75, 3.05) is 25.5 Å². The molecule has 3 N–H and O–H groups in total. The molecule has 1 aliphatic heterocycles. The fraction of sp³-hybridized carbons (Fsp3) is 0.269. The number of carbonyl (C=O) groups is 3. The molecule has 1 aliphatic rings. The van der Waals surface area contributed by atoms with Gasteiger partial charge in [-0.3, -0.25) is 19.3 Å². The molecule has 8 heteroatoms. The molecule has 2 amide bonds. The Hall–Kier alpha value is -3.91.